The van der Waals surface area contributed by atoms with Crippen LogP contribution >= 0.6 is 0 Å². The lowest BCUT2D eigenvalue weighted by molar-refractivity contribution is -0.144. The Hall–Kier alpha value is -2.49. The summed E-state index contributed by atoms with van der Waals surface area (Å²) in [4.78, 5) is 5.59. The molecule has 0 aliphatic carbocycles. The van der Waals surface area contributed by atoms with Crippen LogP contribution in [0.3, 0.4) is 0 Å². The minimum atomic E-state index is -4.47. The highest BCUT2D eigenvalue weighted by Crippen LogP contribution is 2.32. The second-order valence-electron chi connectivity index (χ2n) is 6.72. The molecule has 0 fully saturated rings. The van der Waals surface area contributed by atoms with Gasteiger partial charge in [-0.2, -0.15) is 13.2 Å². The van der Waals surface area contributed by atoms with Gasteiger partial charge in [0.15, 0.2) is 11.6 Å². The van der Waals surface area contributed by atoms with Crippen molar-refractivity contribution in [1.29, 1.82) is 0 Å². The molecule has 10 heteroatoms. The normalized spacial score (nSPS) is 15.5. The summed E-state index contributed by atoms with van der Waals surface area (Å²) in [6.07, 6.45) is -3.49. The number of fused-ring (bicyclic) bond motifs is 1. The number of benzene rings is 1. The number of nitrogens with zero attached hydrogens (tertiary/aromatic N) is 3. The Morgan fingerprint density at radius 3 is 2.50 bits per heavy atom. The van der Waals surface area contributed by atoms with Gasteiger partial charge in [0.25, 0.3) is 0 Å². The van der Waals surface area contributed by atoms with E-state index in [1.807, 2.05) is 0 Å². The molecule has 0 radical (unpaired) electrons. The molecular formula is C18H18F6N4. The number of hydrogen-bond donors (Lipinski definition) is 1. The van der Waals surface area contributed by atoms with E-state index in [1.165, 1.54) is 0 Å². The van der Waals surface area contributed by atoms with Crippen LogP contribution in [-0.4, -0.2) is 27.0 Å². The summed E-state index contributed by atoms with van der Waals surface area (Å²) in [6.45, 7) is 4.42. The first-order chi connectivity index (χ1) is 13.1. The van der Waals surface area contributed by atoms with Crippen LogP contribution in [0.2, 0.25) is 0 Å². The first-order valence-corrected chi connectivity index (χ1v) is 8.49. The number of alkyl halides is 3. The first kappa shape index (κ1) is 20.2. The van der Waals surface area contributed by atoms with Gasteiger partial charge in [0.05, 0.1) is 12.7 Å². The third-order valence-corrected chi connectivity index (χ3v) is 4.67. The molecule has 0 amide bonds. The lowest BCUT2D eigenvalue weighted by Gasteiger charge is -2.33. The van der Waals surface area contributed by atoms with E-state index in [4.69, 9.17) is 5.73 Å². The number of nitrogens with two attached hydrogens (primary N) is 1. The molecule has 3 rings (SSSR count). The van der Waals surface area contributed by atoms with E-state index in [9.17, 15) is 26.3 Å². The van der Waals surface area contributed by atoms with Gasteiger partial charge in [-0.05, 0) is 18.1 Å². The quantitative estimate of drug-likeness (QED) is 0.612. The Labute approximate surface area is 157 Å². The van der Waals surface area contributed by atoms with Crippen LogP contribution in [0.5, 0.6) is 0 Å². The van der Waals surface area contributed by atoms with Gasteiger partial charge < -0.3 is 15.2 Å². The van der Waals surface area contributed by atoms with Crippen molar-refractivity contribution in [2.75, 3.05) is 6.54 Å². The van der Waals surface area contributed by atoms with Gasteiger partial charge in [-0.25, -0.2) is 18.2 Å². The van der Waals surface area contributed by atoms with Gasteiger partial charge in [0.2, 0.25) is 0 Å². The smallest absolute Gasteiger partial charge is 0.366 e. The van der Waals surface area contributed by atoms with E-state index in [0.717, 1.165) is 16.8 Å². The molecule has 4 nitrogen and oxygen atoms in total. The highest BCUT2D eigenvalue weighted by atomic mass is 19.4. The van der Waals surface area contributed by atoms with E-state index in [-0.39, 0.29) is 43.9 Å². The summed E-state index contributed by atoms with van der Waals surface area (Å²) < 4.78 is 80.0. The molecule has 0 spiro atoms. The molecule has 1 aliphatic heterocycles. The maximum absolute atomic E-state index is 13.7. The monoisotopic (exact) mass is 404 g/mol. The van der Waals surface area contributed by atoms with E-state index in [2.05, 4.69) is 11.6 Å². The predicted molar refractivity (Wildman–Crippen MR) is 89.4 cm³/mol. The lowest BCUT2D eigenvalue weighted by Crippen LogP contribution is -2.36. The maximum Gasteiger partial charge on any atom is 0.433 e. The predicted octanol–water partition coefficient (Wildman–Crippen LogP) is 3.61. The first-order valence-electron chi connectivity index (χ1n) is 8.49. The number of hydrogen-bond acceptors (Lipinski definition) is 3. The summed E-state index contributed by atoms with van der Waals surface area (Å²) in [5, 5.41) is 0. The molecule has 1 atom stereocenters. The fourth-order valence-corrected chi connectivity index (χ4v) is 3.26. The number of imidazole rings is 1. The number of aromatic nitrogens is 2. The largest absolute Gasteiger partial charge is 0.433 e. The average Bonchev–Trinajstić information content (AvgIpc) is 3.03. The number of rotatable bonds is 5. The van der Waals surface area contributed by atoms with Gasteiger partial charge in [-0.3, -0.25) is 0 Å². The lowest BCUT2D eigenvalue weighted by atomic mass is 10.0. The molecule has 28 heavy (non-hydrogen) atoms. The molecule has 0 saturated carbocycles. The van der Waals surface area contributed by atoms with Crippen molar-refractivity contribution in [1.82, 2.24) is 14.5 Å². The fraction of sp³-hybridized carbons (Fsp3) is 0.389. The number of halogens is 6. The van der Waals surface area contributed by atoms with Gasteiger partial charge in [-0.15, -0.1) is 0 Å². The van der Waals surface area contributed by atoms with Crippen LogP contribution in [0.15, 0.2) is 30.6 Å². The second-order valence-corrected chi connectivity index (χ2v) is 6.72. The van der Waals surface area contributed by atoms with Crippen LogP contribution in [-0.2, 0) is 25.7 Å². The Morgan fingerprint density at radius 2 is 1.82 bits per heavy atom. The Bertz CT molecular complexity index is 889. The highest BCUT2D eigenvalue weighted by Gasteiger charge is 2.37. The summed E-state index contributed by atoms with van der Waals surface area (Å²) in [7, 11) is 0. The molecule has 1 unspecified atom stereocenters. The Morgan fingerprint density at radius 1 is 1.14 bits per heavy atom. The van der Waals surface area contributed by atoms with Crippen LogP contribution in [0.1, 0.15) is 23.5 Å². The molecule has 1 aliphatic rings. The third-order valence-electron chi connectivity index (χ3n) is 4.67. The maximum atomic E-state index is 13.7. The topological polar surface area (TPSA) is 47.1 Å². The van der Waals surface area contributed by atoms with Crippen molar-refractivity contribution >= 4 is 0 Å². The van der Waals surface area contributed by atoms with Crippen LogP contribution in [0.25, 0.3) is 0 Å². The molecule has 152 valence electrons. The molecule has 2 aromatic rings. The van der Waals surface area contributed by atoms with Gasteiger partial charge >= 0.3 is 6.18 Å². The van der Waals surface area contributed by atoms with E-state index >= 15 is 0 Å². The van der Waals surface area contributed by atoms with Crippen molar-refractivity contribution in [2.45, 2.75) is 38.1 Å². The minimum Gasteiger partial charge on any atom is -0.366 e. The SMILES string of the molecule is C=C(CC(N)Cc1cc(F)c(F)cc1F)N1CCn2c(C(F)(F)F)cnc2C1. The molecular weight excluding hydrogens is 386 g/mol. The van der Waals surface area contributed by atoms with Crippen LogP contribution in [0.4, 0.5) is 26.3 Å². The van der Waals surface area contributed by atoms with Crippen molar-refractivity contribution in [2.24, 2.45) is 5.73 Å². The second kappa shape index (κ2) is 7.50. The van der Waals surface area contributed by atoms with Crippen molar-refractivity contribution < 1.29 is 26.3 Å². The summed E-state index contributed by atoms with van der Waals surface area (Å²) >= 11 is 0. The zero-order valence-corrected chi connectivity index (χ0v) is 14.7. The zero-order chi connectivity index (χ0) is 20.6. The molecule has 0 bridgehead atoms. The Kier molecular flexibility index (Phi) is 5.42. The van der Waals surface area contributed by atoms with Crippen molar-refractivity contribution in [3.05, 3.63) is 65.1 Å². The molecule has 1 aromatic carbocycles. The van der Waals surface area contributed by atoms with Crippen molar-refractivity contribution in [3.8, 4) is 0 Å². The summed E-state index contributed by atoms with van der Waals surface area (Å²) in [5.74, 6) is -3.06. The summed E-state index contributed by atoms with van der Waals surface area (Å²) in [6, 6.07) is 0.609. The van der Waals surface area contributed by atoms with Crippen molar-refractivity contribution in [3.63, 3.8) is 0 Å². The van der Waals surface area contributed by atoms with E-state index in [0.29, 0.717) is 11.8 Å². The standard InChI is InChI=1S/C18H18F6N4/c1-10(4-12(25)5-11-6-14(20)15(21)7-13(11)19)27-2-3-28-16(18(22,23)24)8-26-17(28)9-27/h6-8,12H,1-5,9,25H2. The third kappa shape index (κ3) is 4.16. The summed E-state index contributed by atoms with van der Waals surface area (Å²) in [5.41, 5.74) is 5.69. The molecule has 2 N–H and O–H groups in total. The molecule has 0 saturated heterocycles. The van der Waals surface area contributed by atoms with Crippen LogP contribution < -0.4 is 5.73 Å². The minimum absolute atomic E-state index is 0.0389. The van der Waals surface area contributed by atoms with E-state index < -0.39 is 35.4 Å². The Balaban J connectivity index is 1.63. The zero-order valence-electron chi connectivity index (χ0n) is 14.7. The van der Waals surface area contributed by atoms with Gasteiger partial charge in [0, 0.05) is 37.3 Å². The van der Waals surface area contributed by atoms with E-state index in [1.54, 1.807) is 4.90 Å². The molecule has 1 aromatic heterocycles. The highest BCUT2D eigenvalue weighted by molar-refractivity contribution is 5.21. The van der Waals surface area contributed by atoms with Crippen LogP contribution in [0, 0.1) is 17.5 Å². The average molecular weight is 404 g/mol. The fourth-order valence-electron chi connectivity index (χ4n) is 3.26. The van der Waals surface area contributed by atoms with Gasteiger partial charge in [0.1, 0.15) is 17.3 Å². The van der Waals surface area contributed by atoms with Gasteiger partial charge in [-0.1, -0.05) is 6.58 Å². The molecule has 2 heterocycles.